The average molecular weight is 312 g/mol. The van der Waals surface area contributed by atoms with E-state index >= 15 is 0 Å². The van der Waals surface area contributed by atoms with Gasteiger partial charge in [-0.2, -0.15) is 0 Å². The average Bonchev–Trinajstić information content (AvgIpc) is 2.97. The molecule has 21 heavy (non-hydrogen) atoms. The van der Waals surface area contributed by atoms with Crippen LogP contribution in [-0.4, -0.2) is 61.1 Å². The topological polar surface area (TPSA) is 97.5 Å². The van der Waals surface area contributed by atoms with Crippen molar-refractivity contribution in [2.75, 3.05) is 39.4 Å². The summed E-state index contributed by atoms with van der Waals surface area (Å²) >= 11 is 1.42. The van der Waals surface area contributed by atoms with Crippen molar-refractivity contribution in [1.82, 2.24) is 15.2 Å². The number of aromatic nitrogens is 1. The van der Waals surface area contributed by atoms with Crippen LogP contribution in [0.2, 0.25) is 0 Å². The Balaban J connectivity index is 1.71. The standard InChI is InChI=1S/C13H20N4O3S/c14-3-1-11-16-10(9-21-11)13(19)15-4-2-12(18)17-5-7-20-8-6-17/h9H,1-8,14H2,(H,15,19). The van der Waals surface area contributed by atoms with Gasteiger partial charge in [0.1, 0.15) is 5.69 Å². The van der Waals surface area contributed by atoms with Gasteiger partial charge in [-0.25, -0.2) is 4.98 Å². The SMILES string of the molecule is NCCc1nc(C(=O)NCCC(=O)N2CCOCC2)cs1. The highest BCUT2D eigenvalue weighted by molar-refractivity contribution is 7.09. The van der Waals surface area contributed by atoms with Crippen LogP contribution in [-0.2, 0) is 16.0 Å². The zero-order chi connectivity index (χ0) is 15.1. The molecule has 2 rings (SSSR count). The Hall–Kier alpha value is -1.51. The van der Waals surface area contributed by atoms with Crippen LogP contribution < -0.4 is 11.1 Å². The summed E-state index contributed by atoms with van der Waals surface area (Å²) in [4.78, 5) is 29.7. The second kappa shape index (κ2) is 8.06. The molecule has 3 N–H and O–H groups in total. The highest BCUT2D eigenvalue weighted by Crippen LogP contribution is 2.09. The lowest BCUT2D eigenvalue weighted by Gasteiger charge is -2.26. The summed E-state index contributed by atoms with van der Waals surface area (Å²) in [5, 5.41) is 5.29. The van der Waals surface area contributed by atoms with Gasteiger partial charge in [0, 0.05) is 37.9 Å². The molecule has 8 heteroatoms. The Kier molecular flexibility index (Phi) is 6.09. The van der Waals surface area contributed by atoms with Crippen molar-refractivity contribution in [3.63, 3.8) is 0 Å². The lowest BCUT2D eigenvalue weighted by molar-refractivity contribution is -0.135. The predicted octanol–water partition coefficient (Wildman–Crippen LogP) is -0.377. The summed E-state index contributed by atoms with van der Waals surface area (Å²) in [6.45, 7) is 3.26. The zero-order valence-electron chi connectivity index (χ0n) is 11.8. The first-order valence-corrected chi connectivity index (χ1v) is 7.87. The van der Waals surface area contributed by atoms with E-state index in [0.29, 0.717) is 57.9 Å². The van der Waals surface area contributed by atoms with Gasteiger partial charge < -0.3 is 20.7 Å². The fourth-order valence-electron chi connectivity index (χ4n) is 2.00. The van der Waals surface area contributed by atoms with Crippen LogP contribution in [0.1, 0.15) is 21.9 Å². The normalized spacial score (nSPS) is 15.0. The second-order valence-corrected chi connectivity index (χ2v) is 5.61. The van der Waals surface area contributed by atoms with Gasteiger partial charge in [-0.3, -0.25) is 9.59 Å². The Bertz CT molecular complexity index is 486. The maximum absolute atomic E-state index is 11.9. The molecule has 0 unspecified atom stereocenters. The molecule has 1 aliphatic heterocycles. The van der Waals surface area contributed by atoms with Gasteiger partial charge in [0.05, 0.1) is 18.2 Å². The summed E-state index contributed by atoms with van der Waals surface area (Å²) in [6.07, 6.45) is 0.971. The quantitative estimate of drug-likeness (QED) is 0.746. The van der Waals surface area contributed by atoms with Crippen LogP contribution in [0, 0.1) is 0 Å². The van der Waals surface area contributed by atoms with Crippen molar-refractivity contribution in [3.8, 4) is 0 Å². The molecule has 0 saturated carbocycles. The number of amides is 2. The van der Waals surface area contributed by atoms with Crippen LogP contribution in [0.5, 0.6) is 0 Å². The molecule has 0 aromatic carbocycles. The third kappa shape index (κ3) is 4.76. The molecule has 0 bridgehead atoms. The molecule has 1 fully saturated rings. The smallest absolute Gasteiger partial charge is 0.270 e. The molecule has 7 nitrogen and oxygen atoms in total. The molecule has 1 aromatic rings. The van der Waals surface area contributed by atoms with Gasteiger partial charge in [0.15, 0.2) is 0 Å². The monoisotopic (exact) mass is 312 g/mol. The molecule has 116 valence electrons. The number of morpholine rings is 1. The molecule has 2 heterocycles. The van der Waals surface area contributed by atoms with E-state index in [1.807, 2.05) is 0 Å². The number of nitrogens with zero attached hydrogens (tertiary/aromatic N) is 2. The predicted molar refractivity (Wildman–Crippen MR) is 79.2 cm³/mol. The maximum atomic E-state index is 11.9. The summed E-state index contributed by atoms with van der Waals surface area (Å²) in [7, 11) is 0. The zero-order valence-corrected chi connectivity index (χ0v) is 12.7. The lowest BCUT2D eigenvalue weighted by atomic mass is 10.3. The number of carbonyl (C=O) groups excluding carboxylic acids is 2. The Labute approximate surface area is 127 Å². The van der Waals surface area contributed by atoms with E-state index in [-0.39, 0.29) is 11.8 Å². The largest absolute Gasteiger partial charge is 0.378 e. The molecule has 0 radical (unpaired) electrons. The maximum Gasteiger partial charge on any atom is 0.270 e. The van der Waals surface area contributed by atoms with Crippen molar-refractivity contribution in [2.24, 2.45) is 5.73 Å². The van der Waals surface area contributed by atoms with E-state index in [1.165, 1.54) is 11.3 Å². The van der Waals surface area contributed by atoms with Crippen LogP contribution >= 0.6 is 11.3 Å². The number of ether oxygens (including phenoxy) is 1. The molecule has 1 saturated heterocycles. The molecule has 0 spiro atoms. The van der Waals surface area contributed by atoms with Crippen LogP contribution in [0.15, 0.2) is 5.38 Å². The van der Waals surface area contributed by atoms with Crippen LogP contribution in [0.4, 0.5) is 0 Å². The first kappa shape index (κ1) is 15.9. The summed E-state index contributed by atoms with van der Waals surface area (Å²) in [6, 6.07) is 0. The number of carbonyl (C=O) groups is 2. The fourth-order valence-corrected chi connectivity index (χ4v) is 2.79. The number of rotatable bonds is 6. The van der Waals surface area contributed by atoms with Crippen molar-refractivity contribution < 1.29 is 14.3 Å². The Morgan fingerprint density at radius 2 is 2.19 bits per heavy atom. The van der Waals surface area contributed by atoms with Gasteiger partial charge in [-0.15, -0.1) is 11.3 Å². The van der Waals surface area contributed by atoms with E-state index < -0.39 is 0 Å². The van der Waals surface area contributed by atoms with Gasteiger partial charge in [0.25, 0.3) is 5.91 Å². The van der Waals surface area contributed by atoms with E-state index in [4.69, 9.17) is 10.5 Å². The van der Waals surface area contributed by atoms with Crippen LogP contribution in [0.3, 0.4) is 0 Å². The Morgan fingerprint density at radius 3 is 2.90 bits per heavy atom. The minimum absolute atomic E-state index is 0.0423. The van der Waals surface area contributed by atoms with Gasteiger partial charge in [-0.05, 0) is 6.54 Å². The van der Waals surface area contributed by atoms with Crippen LogP contribution in [0.25, 0.3) is 0 Å². The summed E-state index contributed by atoms with van der Waals surface area (Å²) in [5.41, 5.74) is 5.84. The van der Waals surface area contributed by atoms with E-state index in [2.05, 4.69) is 10.3 Å². The molecular formula is C13H20N4O3S. The number of thiazole rings is 1. The molecule has 0 atom stereocenters. The number of hydrogen-bond donors (Lipinski definition) is 2. The first-order valence-electron chi connectivity index (χ1n) is 6.99. The van der Waals surface area contributed by atoms with Gasteiger partial charge in [0.2, 0.25) is 5.91 Å². The van der Waals surface area contributed by atoms with E-state index in [9.17, 15) is 9.59 Å². The van der Waals surface area contributed by atoms with Gasteiger partial charge in [-0.1, -0.05) is 0 Å². The lowest BCUT2D eigenvalue weighted by Crippen LogP contribution is -2.42. The first-order chi connectivity index (χ1) is 10.2. The number of hydrogen-bond acceptors (Lipinski definition) is 6. The summed E-state index contributed by atoms with van der Waals surface area (Å²) < 4.78 is 5.19. The Morgan fingerprint density at radius 1 is 1.43 bits per heavy atom. The highest BCUT2D eigenvalue weighted by atomic mass is 32.1. The summed E-state index contributed by atoms with van der Waals surface area (Å²) in [5.74, 6) is -0.204. The highest BCUT2D eigenvalue weighted by Gasteiger charge is 2.17. The minimum Gasteiger partial charge on any atom is -0.378 e. The molecule has 1 aliphatic rings. The fraction of sp³-hybridized carbons (Fsp3) is 0.615. The third-order valence-corrected chi connectivity index (χ3v) is 4.04. The third-order valence-electron chi connectivity index (χ3n) is 3.13. The molecule has 2 amide bonds. The van der Waals surface area contributed by atoms with Crippen molar-refractivity contribution in [3.05, 3.63) is 16.1 Å². The molecule has 1 aromatic heterocycles. The van der Waals surface area contributed by atoms with Crippen molar-refractivity contribution in [2.45, 2.75) is 12.8 Å². The molecular weight excluding hydrogens is 292 g/mol. The molecule has 0 aliphatic carbocycles. The van der Waals surface area contributed by atoms with Crippen molar-refractivity contribution >= 4 is 23.2 Å². The number of nitrogens with one attached hydrogen (secondary N) is 1. The van der Waals surface area contributed by atoms with Crippen molar-refractivity contribution in [1.29, 1.82) is 0 Å². The van der Waals surface area contributed by atoms with E-state index in [1.54, 1.807) is 10.3 Å². The van der Waals surface area contributed by atoms with Gasteiger partial charge >= 0.3 is 0 Å². The minimum atomic E-state index is -0.246. The van der Waals surface area contributed by atoms with E-state index in [0.717, 1.165) is 5.01 Å². The second-order valence-electron chi connectivity index (χ2n) is 4.66. The number of nitrogens with two attached hydrogens (primary N) is 1.